The number of aromatic nitrogens is 2. The third kappa shape index (κ3) is 2.40. The van der Waals surface area contributed by atoms with Gasteiger partial charge < -0.3 is 10.5 Å². The lowest BCUT2D eigenvalue weighted by Crippen LogP contribution is -2.05. The first-order valence-electron chi connectivity index (χ1n) is 6.46. The zero-order chi connectivity index (χ0) is 13.9. The van der Waals surface area contributed by atoms with Crippen molar-refractivity contribution in [1.29, 1.82) is 0 Å². The Labute approximate surface area is 117 Å². The molecule has 2 aromatic carbocycles. The summed E-state index contributed by atoms with van der Waals surface area (Å²) < 4.78 is 5.96. The van der Waals surface area contributed by atoms with E-state index in [2.05, 4.69) is 9.97 Å². The van der Waals surface area contributed by atoms with Crippen molar-refractivity contribution >= 4 is 16.6 Å². The molecule has 4 nitrogen and oxygen atoms in total. The predicted octanol–water partition coefficient (Wildman–Crippen LogP) is 3.35. The number of hydrogen-bond acceptors (Lipinski definition) is 4. The number of hydrogen-bond donors (Lipinski definition) is 1. The number of rotatable bonds is 3. The van der Waals surface area contributed by atoms with Gasteiger partial charge in [0, 0.05) is 5.69 Å². The summed E-state index contributed by atoms with van der Waals surface area (Å²) in [5, 5.41) is 0.865. The van der Waals surface area contributed by atoms with Gasteiger partial charge in [0.1, 0.15) is 12.4 Å². The summed E-state index contributed by atoms with van der Waals surface area (Å²) in [5.74, 6) is 0.575. The average molecular weight is 265 g/mol. The Bertz CT molecular complexity index is 728. The maximum Gasteiger partial charge on any atom is 0.225 e. The molecular formula is C16H15N3O. The second-order valence-electron chi connectivity index (χ2n) is 4.63. The fraction of sp³-hybridized carbons (Fsp3) is 0.125. The van der Waals surface area contributed by atoms with Gasteiger partial charge in [0.25, 0.3) is 0 Å². The second kappa shape index (κ2) is 5.17. The standard InChI is InChI=1S/C16H15N3O/c1-11(12-5-3-2-4-6-12)20-16-14-8-7-13(17)9-15(14)18-10-19-16/h2-11H,17H2,1H3. The molecule has 3 aromatic rings. The normalized spacial score (nSPS) is 12.2. The van der Waals surface area contributed by atoms with Crippen LogP contribution in [-0.2, 0) is 0 Å². The highest BCUT2D eigenvalue weighted by molar-refractivity contribution is 5.85. The zero-order valence-electron chi connectivity index (χ0n) is 11.2. The van der Waals surface area contributed by atoms with Gasteiger partial charge in [-0.15, -0.1) is 0 Å². The van der Waals surface area contributed by atoms with Crippen LogP contribution in [0.4, 0.5) is 5.69 Å². The van der Waals surface area contributed by atoms with Gasteiger partial charge in [0.15, 0.2) is 0 Å². The number of fused-ring (bicyclic) bond motifs is 1. The molecule has 1 unspecified atom stereocenters. The summed E-state index contributed by atoms with van der Waals surface area (Å²) in [5.41, 5.74) is 8.34. The van der Waals surface area contributed by atoms with Crippen LogP contribution >= 0.6 is 0 Å². The van der Waals surface area contributed by atoms with Crippen molar-refractivity contribution < 1.29 is 4.74 Å². The molecule has 100 valence electrons. The third-order valence-corrected chi connectivity index (χ3v) is 3.18. The molecule has 20 heavy (non-hydrogen) atoms. The molecule has 0 fully saturated rings. The first-order chi connectivity index (χ1) is 9.74. The molecule has 0 aliphatic rings. The lowest BCUT2D eigenvalue weighted by atomic mass is 10.1. The highest BCUT2D eigenvalue weighted by Gasteiger charge is 2.11. The van der Waals surface area contributed by atoms with Crippen molar-refractivity contribution in [1.82, 2.24) is 9.97 Å². The van der Waals surface area contributed by atoms with Crippen LogP contribution in [0.2, 0.25) is 0 Å². The second-order valence-corrected chi connectivity index (χ2v) is 4.63. The fourth-order valence-electron chi connectivity index (χ4n) is 2.10. The van der Waals surface area contributed by atoms with E-state index in [0.717, 1.165) is 16.5 Å². The number of nitrogen functional groups attached to an aromatic ring is 1. The molecule has 0 aliphatic heterocycles. The molecule has 1 atom stereocenters. The van der Waals surface area contributed by atoms with E-state index in [-0.39, 0.29) is 6.10 Å². The van der Waals surface area contributed by atoms with Gasteiger partial charge in [0.2, 0.25) is 5.88 Å². The highest BCUT2D eigenvalue weighted by atomic mass is 16.5. The Balaban J connectivity index is 1.95. The molecule has 1 heterocycles. The Kier molecular flexibility index (Phi) is 3.21. The van der Waals surface area contributed by atoms with E-state index >= 15 is 0 Å². The van der Waals surface area contributed by atoms with Crippen LogP contribution in [0.1, 0.15) is 18.6 Å². The van der Waals surface area contributed by atoms with Gasteiger partial charge in [-0.3, -0.25) is 0 Å². The van der Waals surface area contributed by atoms with Crippen LogP contribution in [0, 0.1) is 0 Å². The Morgan fingerprint density at radius 2 is 1.85 bits per heavy atom. The number of benzene rings is 2. The van der Waals surface area contributed by atoms with Crippen molar-refractivity contribution in [2.75, 3.05) is 5.73 Å². The highest BCUT2D eigenvalue weighted by Crippen LogP contribution is 2.27. The van der Waals surface area contributed by atoms with Crippen LogP contribution < -0.4 is 10.5 Å². The summed E-state index contributed by atoms with van der Waals surface area (Å²) in [4.78, 5) is 8.44. The Hall–Kier alpha value is -2.62. The fourth-order valence-corrected chi connectivity index (χ4v) is 2.10. The summed E-state index contributed by atoms with van der Waals surface area (Å²) in [6, 6.07) is 15.6. The summed E-state index contributed by atoms with van der Waals surface area (Å²) >= 11 is 0. The monoisotopic (exact) mass is 265 g/mol. The summed E-state index contributed by atoms with van der Waals surface area (Å²) in [6.07, 6.45) is 1.42. The minimum Gasteiger partial charge on any atom is -0.469 e. The molecule has 0 spiro atoms. The van der Waals surface area contributed by atoms with E-state index in [1.807, 2.05) is 55.5 Å². The van der Waals surface area contributed by atoms with E-state index in [9.17, 15) is 0 Å². The molecule has 0 amide bonds. The van der Waals surface area contributed by atoms with E-state index < -0.39 is 0 Å². The van der Waals surface area contributed by atoms with E-state index in [1.54, 1.807) is 0 Å². The number of nitrogens with zero attached hydrogens (tertiary/aromatic N) is 2. The quantitative estimate of drug-likeness (QED) is 0.738. The molecule has 0 bridgehead atoms. The van der Waals surface area contributed by atoms with Crippen molar-refractivity contribution in [3.63, 3.8) is 0 Å². The molecule has 1 aromatic heterocycles. The van der Waals surface area contributed by atoms with Crippen LogP contribution in [-0.4, -0.2) is 9.97 Å². The first kappa shape index (κ1) is 12.4. The van der Waals surface area contributed by atoms with Gasteiger partial charge in [-0.1, -0.05) is 30.3 Å². The first-order valence-corrected chi connectivity index (χ1v) is 6.46. The summed E-state index contributed by atoms with van der Waals surface area (Å²) in [7, 11) is 0. The number of anilines is 1. The predicted molar refractivity (Wildman–Crippen MR) is 79.4 cm³/mol. The molecule has 0 saturated heterocycles. The molecule has 0 saturated carbocycles. The third-order valence-electron chi connectivity index (χ3n) is 3.18. The molecule has 2 N–H and O–H groups in total. The molecule has 4 heteroatoms. The van der Waals surface area contributed by atoms with Crippen LogP contribution in [0.15, 0.2) is 54.9 Å². The van der Waals surface area contributed by atoms with E-state index in [4.69, 9.17) is 10.5 Å². The maximum atomic E-state index is 5.96. The Morgan fingerprint density at radius 1 is 1.05 bits per heavy atom. The molecular weight excluding hydrogens is 250 g/mol. The number of ether oxygens (including phenoxy) is 1. The van der Waals surface area contributed by atoms with E-state index in [1.165, 1.54) is 6.33 Å². The summed E-state index contributed by atoms with van der Waals surface area (Å²) in [6.45, 7) is 2.00. The molecule has 0 radical (unpaired) electrons. The zero-order valence-corrected chi connectivity index (χ0v) is 11.2. The van der Waals surface area contributed by atoms with Gasteiger partial charge in [-0.2, -0.15) is 0 Å². The number of nitrogens with two attached hydrogens (primary N) is 1. The largest absolute Gasteiger partial charge is 0.469 e. The van der Waals surface area contributed by atoms with Crippen molar-refractivity contribution in [2.24, 2.45) is 0 Å². The Morgan fingerprint density at radius 3 is 2.65 bits per heavy atom. The SMILES string of the molecule is CC(Oc1ncnc2cc(N)ccc12)c1ccccc1. The minimum atomic E-state index is -0.0770. The molecule has 3 rings (SSSR count). The van der Waals surface area contributed by atoms with Crippen molar-refractivity contribution in [3.8, 4) is 5.88 Å². The van der Waals surface area contributed by atoms with Gasteiger partial charge in [-0.05, 0) is 30.7 Å². The topological polar surface area (TPSA) is 61.0 Å². The van der Waals surface area contributed by atoms with Gasteiger partial charge in [0.05, 0.1) is 10.9 Å². The average Bonchev–Trinajstić information content (AvgIpc) is 2.48. The lowest BCUT2D eigenvalue weighted by Gasteiger charge is -2.15. The van der Waals surface area contributed by atoms with Crippen LogP contribution in [0.3, 0.4) is 0 Å². The minimum absolute atomic E-state index is 0.0770. The van der Waals surface area contributed by atoms with Crippen LogP contribution in [0.25, 0.3) is 10.9 Å². The van der Waals surface area contributed by atoms with E-state index in [0.29, 0.717) is 11.6 Å². The van der Waals surface area contributed by atoms with Crippen molar-refractivity contribution in [3.05, 3.63) is 60.4 Å². The van der Waals surface area contributed by atoms with Crippen molar-refractivity contribution in [2.45, 2.75) is 13.0 Å². The van der Waals surface area contributed by atoms with Gasteiger partial charge in [-0.25, -0.2) is 9.97 Å². The van der Waals surface area contributed by atoms with Crippen LogP contribution in [0.5, 0.6) is 5.88 Å². The smallest absolute Gasteiger partial charge is 0.225 e. The molecule has 0 aliphatic carbocycles. The lowest BCUT2D eigenvalue weighted by molar-refractivity contribution is 0.220. The maximum absolute atomic E-state index is 5.96. The van der Waals surface area contributed by atoms with Gasteiger partial charge >= 0.3 is 0 Å².